The third-order valence-electron chi connectivity index (χ3n) is 2.55. The summed E-state index contributed by atoms with van der Waals surface area (Å²) >= 11 is 1.55. The number of halogens is 1. The molecule has 18 heavy (non-hydrogen) atoms. The lowest BCUT2D eigenvalue weighted by molar-refractivity contribution is 0.486. The van der Waals surface area contributed by atoms with Crippen LogP contribution < -0.4 is 5.73 Å². The second-order valence-electron chi connectivity index (χ2n) is 3.78. The van der Waals surface area contributed by atoms with Gasteiger partial charge in [0, 0.05) is 25.9 Å². The van der Waals surface area contributed by atoms with Gasteiger partial charge in [-0.3, -0.25) is 0 Å². The zero-order chi connectivity index (χ0) is 13.8. The monoisotopic (exact) mass is 292 g/mol. The molecule has 0 atom stereocenters. The topological polar surface area (TPSA) is 63.4 Å². The molecule has 0 aliphatic heterocycles. The molecule has 0 bridgehead atoms. The van der Waals surface area contributed by atoms with E-state index in [0.29, 0.717) is 17.9 Å². The number of nitrogens with two attached hydrogens (primary N) is 1. The van der Waals surface area contributed by atoms with Crippen LogP contribution in [-0.4, -0.2) is 38.3 Å². The van der Waals surface area contributed by atoms with Crippen molar-refractivity contribution in [2.24, 2.45) is 5.73 Å². The fourth-order valence-corrected chi connectivity index (χ4v) is 3.43. The van der Waals surface area contributed by atoms with E-state index in [0.717, 1.165) is 6.07 Å². The van der Waals surface area contributed by atoms with Crippen LogP contribution >= 0.6 is 11.8 Å². The molecule has 0 saturated carbocycles. The summed E-state index contributed by atoms with van der Waals surface area (Å²) in [5.41, 5.74) is 5.91. The molecule has 1 aromatic rings. The first kappa shape index (κ1) is 15.4. The third kappa shape index (κ3) is 3.44. The minimum atomic E-state index is -3.68. The summed E-state index contributed by atoms with van der Waals surface area (Å²) in [5, 5.41) is 0. The van der Waals surface area contributed by atoms with Crippen molar-refractivity contribution >= 4 is 21.8 Å². The van der Waals surface area contributed by atoms with Gasteiger partial charge in [0.15, 0.2) is 0 Å². The molecular formula is C11H17FN2O2S2. The number of rotatable bonds is 6. The summed E-state index contributed by atoms with van der Waals surface area (Å²) < 4.78 is 38.9. The van der Waals surface area contributed by atoms with E-state index in [-0.39, 0.29) is 11.4 Å². The summed E-state index contributed by atoms with van der Waals surface area (Å²) in [5.74, 6) is 0.104. The average Bonchev–Trinajstić information content (AvgIpc) is 2.35. The quantitative estimate of drug-likeness (QED) is 0.857. The highest BCUT2D eigenvalue weighted by atomic mass is 32.2. The average molecular weight is 292 g/mol. The van der Waals surface area contributed by atoms with E-state index in [1.807, 2.05) is 6.26 Å². The van der Waals surface area contributed by atoms with Crippen molar-refractivity contribution in [3.8, 4) is 0 Å². The van der Waals surface area contributed by atoms with Gasteiger partial charge in [0.2, 0.25) is 10.0 Å². The predicted molar refractivity (Wildman–Crippen MR) is 72.5 cm³/mol. The van der Waals surface area contributed by atoms with Crippen LogP contribution in [-0.2, 0) is 16.6 Å². The highest BCUT2D eigenvalue weighted by molar-refractivity contribution is 7.98. The first-order chi connectivity index (χ1) is 8.43. The van der Waals surface area contributed by atoms with Crippen molar-refractivity contribution in [3.05, 3.63) is 29.6 Å². The molecule has 102 valence electrons. The molecule has 0 unspecified atom stereocenters. The highest BCUT2D eigenvalue weighted by Gasteiger charge is 2.23. The number of hydrogen-bond acceptors (Lipinski definition) is 4. The van der Waals surface area contributed by atoms with E-state index in [1.165, 1.54) is 23.5 Å². The fraction of sp³-hybridized carbons (Fsp3) is 0.455. The van der Waals surface area contributed by atoms with Crippen LogP contribution in [0.4, 0.5) is 4.39 Å². The molecule has 0 fully saturated rings. The number of nitrogens with zero attached hydrogens (tertiary/aromatic N) is 1. The largest absolute Gasteiger partial charge is 0.326 e. The minimum absolute atomic E-state index is 0.0476. The van der Waals surface area contributed by atoms with Gasteiger partial charge in [-0.25, -0.2) is 17.1 Å². The predicted octanol–water partition coefficient (Wildman–Crippen LogP) is 1.27. The van der Waals surface area contributed by atoms with Crippen molar-refractivity contribution < 1.29 is 12.8 Å². The summed E-state index contributed by atoms with van der Waals surface area (Å²) in [7, 11) is -2.19. The van der Waals surface area contributed by atoms with E-state index in [2.05, 4.69) is 0 Å². The first-order valence-electron chi connectivity index (χ1n) is 5.37. The maximum Gasteiger partial charge on any atom is 0.243 e. The molecule has 0 aromatic heterocycles. The molecule has 0 aliphatic carbocycles. The van der Waals surface area contributed by atoms with E-state index >= 15 is 0 Å². The molecule has 0 saturated heterocycles. The third-order valence-corrected chi connectivity index (χ3v) is 5.08. The van der Waals surface area contributed by atoms with Crippen LogP contribution in [0.25, 0.3) is 0 Å². The normalized spacial score (nSPS) is 12.1. The van der Waals surface area contributed by atoms with E-state index in [9.17, 15) is 12.8 Å². The van der Waals surface area contributed by atoms with E-state index in [1.54, 1.807) is 11.8 Å². The zero-order valence-corrected chi connectivity index (χ0v) is 12.0. The Balaban J connectivity index is 3.14. The van der Waals surface area contributed by atoms with Crippen LogP contribution in [0.1, 0.15) is 5.56 Å². The molecule has 4 nitrogen and oxygen atoms in total. The minimum Gasteiger partial charge on any atom is -0.326 e. The molecule has 0 heterocycles. The fourth-order valence-electron chi connectivity index (χ4n) is 1.45. The van der Waals surface area contributed by atoms with Gasteiger partial charge >= 0.3 is 0 Å². The second-order valence-corrected chi connectivity index (χ2v) is 6.77. The molecule has 1 aromatic carbocycles. The number of benzene rings is 1. The Kier molecular flexibility index (Phi) is 5.58. The van der Waals surface area contributed by atoms with Crippen LogP contribution in [0.3, 0.4) is 0 Å². The summed E-state index contributed by atoms with van der Waals surface area (Å²) in [6.07, 6.45) is 1.90. The summed E-state index contributed by atoms with van der Waals surface area (Å²) in [6.45, 7) is 0.440. The van der Waals surface area contributed by atoms with Gasteiger partial charge in [-0.05, 0) is 24.0 Å². The van der Waals surface area contributed by atoms with Gasteiger partial charge in [0.25, 0.3) is 0 Å². The Bertz CT molecular complexity index is 506. The molecule has 0 aliphatic rings. The lowest BCUT2D eigenvalue weighted by atomic mass is 10.2. The van der Waals surface area contributed by atoms with Crippen LogP contribution in [0, 0.1) is 5.82 Å². The highest BCUT2D eigenvalue weighted by Crippen LogP contribution is 2.20. The second kappa shape index (κ2) is 6.51. The Labute approximate surface area is 111 Å². The Hall–Kier alpha value is -0.630. The molecule has 0 spiro atoms. The van der Waals surface area contributed by atoms with Crippen LogP contribution in [0.15, 0.2) is 23.1 Å². The Morgan fingerprint density at radius 3 is 2.67 bits per heavy atom. The molecule has 0 radical (unpaired) electrons. The molecule has 0 amide bonds. The van der Waals surface area contributed by atoms with Gasteiger partial charge in [-0.15, -0.1) is 0 Å². The van der Waals surface area contributed by atoms with Crippen molar-refractivity contribution in [2.75, 3.05) is 25.6 Å². The standard InChI is InChI=1S/C11H17FN2O2S2/c1-14(5-6-17-2)18(15,16)11-7-10(12)4-3-9(11)8-13/h3-4,7H,5-6,8,13H2,1-2H3. The van der Waals surface area contributed by atoms with E-state index in [4.69, 9.17) is 5.73 Å². The van der Waals surface area contributed by atoms with E-state index < -0.39 is 15.8 Å². The summed E-state index contributed by atoms with van der Waals surface area (Å²) in [4.78, 5) is -0.0476. The maximum atomic E-state index is 13.2. The zero-order valence-electron chi connectivity index (χ0n) is 10.4. The van der Waals surface area contributed by atoms with Gasteiger partial charge in [-0.2, -0.15) is 11.8 Å². The maximum absolute atomic E-state index is 13.2. The number of hydrogen-bond donors (Lipinski definition) is 1. The van der Waals surface area contributed by atoms with Crippen molar-refractivity contribution in [2.45, 2.75) is 11.4 Å². The first-order valence-corrected chi connectivity index (χ1v) is 8.20. The molecular weight excluding hydrogens is 275 g/mol. The molecule has 7 heteroatoms. The van der Waals surface area contributed by atoms with Crippen molar-refractivity contribution in [1.82, 2.24) is 4.31 Å². The van der Waals surface area contributed by atoms with Gasteiger partial charge in [-0.1, -0.05) is 6.07 Å². The van der Waals surface area contributed by atoms with Crippen LogP contribution in [0.2, 0.25) is 0 Å². The van der Waals surface area contributed by atoms with Crippen molar-refractivity contribution in [3.63, 3.8) is 0 Å². The van der Waals surface area contributed by atoms with Crippen molar-refractivity contribution in [1.29, 1.82) is 0 Å². The molecule has 2 N–H and O–H groups in total. The van der Waals surface area contributed by atoms with Gasteiger partial charge in [0.1, 0.15) is 5.82 Å². The summed E-state index contributed by atoms with van der Waals surface area (Å²) in [6, 6.07) is 3.64. The van der Waals surface area contributed by atoms with Gasteiger partial charge < -0.3 is 5.73 Å². The SMILES string of the molecule is CSCCN(C)S(=O)(=O)c1cc(F)ccc1CN. The smallest absolute Gasteiger partial charge is 0.243 e. The number of thioether (sulfide) groups is 1. The van der Waals surface area contributed by atoms with Gasteiger partial charge in [0.05, 0.1) is 4.90 Å². The Morgan fingerprint density at radius 2 is 2.11 bits per heavy atom. The Morgan fingerprint density at radius 1 is 1.44 bits per heavy atom. The molecule has 1 rings (SSSR count). The number of sulfonamides is 1. The lowest BCUT2D eigenvalue weighted by Crippen LogP contribution is -2.30. The van der Waals surface area contributed by atoms with Crippen LogP contribution in [0.5, 0.6) is 0 Å². The lowest BCUT2D eigenvalue weighted by Gasteiger charge is -2.18.